The second-order valence-electron chi connectivity index (χ2n) is 4.68. The van der Waals surface area contributed by atoms with Crippen LogP contribution in [0.3, 0.4) is 0 Å². The van der Waals surface area contributed by atoms with Gasteiger partial charge < -0.3 is 10.2 Å². The van der Waals surface area contributed by atoms with Crippen LogP contribution in [-0.4, -0.2) is 20.1 Å². The first-order chi connectivity index (χ1) is 7.76. The first-order valence-corrected chi connectivity index (χ1v) is 6.26. The molecule has 1 unspecified atom stereocenters. The van der Waals surface area contributed by atoms with Crippen molar-refractivity contribution in [1.82, 2.24) is 5.32 Å². The molecule has 2 nitrogen and oxygen atoms in total. The van der Waals surface area contributed by atoms with E-state index in [1.54, 1.807) is 0 Å². The first-order valence-electron chi connectivity index (χ1n) is 6.26. The van der Waals surface area contributed by atoms with Gasteiger partial charge in [-0.15, -0.1) is 0 Å². The van der Waals surface area contributed by atoms with Crippen LogP contribution < -0.4 is 10.2 Å². The summed E-state index contributed by atoms with van der Waals surface area (Å²) in [7, 11) is 4.22. The molecule has 1 atom stereocenters. The summed E-state index contributed by atoms with van der Waals surface area (Å²) < 4.78 is 0. The molecule has 0 aromatic heterocycles. The van der Waals surface area contributed by atoms with Crippen molar-refractivity contribution in [3.05, 3.63) is 29.8 Å². The van der Waals surface area contributed by atoms with E-state index in [0.29, 0.717) is 6.04 Å². The van der Waals surface area contributed by atoms with Crippen molar-refractivity contribution in [3.8, 4) is 0 Å². The molecule has 1 saturated carbocycles. The summed E-state index contributed by atoms with van der Waals surface area (Å²) in [6.45, 7) is 2.21. The number of benzene rings is 1. The molecule has 1 aliphatic carbocycles. The highest BCUT2D eigenvalue weighted by atomic mass is 15.2. The Labute approximate surface area is 98.7 Å². The van der Waals surface area contributed by atoms with Crippen LogP contribution >= 0.6 is 0 Å². The average Bonchev–Trinajstić information content (AvgIpc) is 3.15. The predicted molar refractivity (Wildman–Crippen MR) is 70.0 cm³/mol. The zero-order valence-corrected chi connectivity index (χ0v) is 10.5. The zero-order valence-electron chi connectivity index (χ0n) is 10.5. The van der Waals surface area contributed by atoms with Gasteiger partial charge in [0.15, 0.2) is 0 Å². The van der Waals surface area contributed by atoms with Gasteiger partial charge >= 0.3 is 0 Å². The highest BCUT2D eigenvalue weighted by molar-refractivity contribution is 5.49. The lowest BCUT2D eigenvalue weighted by molar-refractivity contribution is 0.577. The fraction of sp³-hybridized carbons (Fsp3) is 0.571. The molecule has 1 N–H and O–H groups in total. The minimum absolute atomic E-state index is 0.486. The third-order valence-electron chi connectivity index (χ3n) is 3.55. The van der Waals surface area contributed by atoms with Crippen LogP contribution in [0.25, 0.3) is 0 Å². The van der Waals surface area contributed by atoms with Gasteiger partial charge in [0.1, 0.15) is 0 Å². The fourth-order valence-corrected chi connectivity index (χ4v) is 2.22. The standard InChI is InChI=1S/C14H22N2/c1-4-14(15-2)11-5-7-12(8-6-11)16(3)13-9-10-13/h5-8,13-15H,4,9-10H2,1-3H3. The largest absolute Gasteiger partial charge is 0.372 e. The minimum Gasteiger partial charge on any atom is -0.372 e. The Morgan fingerprint density at radius 2 is 1.94 bits per heavy atom. The van der Waals surface area contributed by atoms with Gasteiger partial charge in [-0.3, -0.25) is 0 Å². The maximum atomic E-state index is 3.34. The normalized spacial score (nSPS) is 17.2. The van der Waals surface area contributed by atoms with Crippen LogP contribution in [0.1, 0.15) is 37.8 Å². The third-order valence-corrected chi connectivity index (χ3v) is 3.55. The van der Waals surface area contributed by atoms with E-state index in [1.807, 2.05) is 7.05 Å². The highest BCUT2D eigenvalue weighted by Gasteiger charge is 2.26. The van der Waals surface area contributed by atoms with Crippen LogP contribution in [0.4, 0.5) is 5.69 Å². The molecule has 0 amide bonds. The van der Waals surface area contributed by atoms with Crippen molar-refractivity contribution in [2.24, 2.45) is 0 Å². The van der Waals surface area contributed by atoms with Crippen LogP contribution in [-0.2, 0) is 0 Å². The molecule has 1 aromatic rings. The second kappa shape index (κ2) is 4.88. The lowest BCUT2D eigenvalue weighted by atomic mass is 10.0. The van der Waals surface area contributed by atoms with Crippen LogP contribution in [0.2, 0.25) is 0 Å². The topological polar surface area (TPSA) is 15.3 Å². The Bertz CT molecular complexity index is 302. The predicted octanol–water partition coefficient (Wildman–Crippen LogP) is 2.96. The Hall–Kier alpha value is -1.02. The van der Waals surface area contributed by atoms with Gasteiger partial charge in [0.2, 0.25) is 0 Å². The highest BCUT2D eigenvalue weighted by Crippen LogP contribution is 2.30. The summed E-state index contributed by atoms with van der Waals surface area (Å²) in [4.78, 5) is 2.39. The van der Waals surface area contributed by atoms with Crippen molar-refractivity contribution in [2.75, 3.05) is 19.0 Å². The van der Waals surface area contributed by atoms with Gasteiger partial charge in [0.25, 0.3) is 0 Å². The number of hydrogen-bond donors (Lipinski definition) is 1. The van der Waals surface area contributed by atoms with Gasteiger partial charge in [-0.2, -0.15) is 0 Å². The maximum Gasteiger partial charge on any atom is 0.0366 e. The molecule has 0 saturated heterocycles. The quantitative estimate of drug-likeness (QED) is 0.817. The zero-order chi connectivity index (χ0) is 11.5. The summed E-state index contributed by atoms with van der Waals surface area (Å²) in [6.07, 6.45) is 3.84. The molecule has 2 heteroatoms. The molecule has 0 spiro atoms. The first kappa shape index (κ1) is 11.5. The van der Waals surface area contributed by atoms with E-state index in [4.69, 9.17) is 0 Å². The van der Waals surface area contributed by atoms with E-state index in [0.717, 1.165) is 12.5 Å². The molecule has 88 valence electrons. The Kier molecular flexibility index (Phi) is 3.49. The third kappa shape index (κ3) is 2.38. The van der Waals surface area contributed by atoms with Crippen molar-refractivity contribution in [2.45, 2.75) is 38.3 Å². The molecular formula is C14H22N2. The van der Waals surface area contributed by atoms with E-state index in [-0.39, 0.29) is 0 Å². The summed E-state index contributed by atoms with van der Waals surface area (Å²) >= 11 is 0. The fourth-order valence-electron chi connectivity index (χ4n) is 2.22. The Morgan fingerprint density at radius 1 is 1.31 bits per heavy atom. The van der Waals surface area contributed by atoms with Crippen LogP contribution in [0.5, 0.6) is 0 Å². The number of anilines is 1. The molecule has 16 heavy (non-hydrogen) atoms. The SMILES string of the molecule is CCC(NC)c1ccc(N(C)C2CC2)cc1. The minimum atomic E-state index is 0.486. The molecule has 0 bridgehead atoms. The van der Waals surface area contributed by atoms with E-state index in [9.17, 15) is 0 Å². The number of nitrogens with one attached hydrogen (secondary N) is 1. The molecule has 2 rings (SSSR count). The summed E-state index contributed by atoms with van der Waals surface area (Å²) in [5.74, 6) is 0. The van der Waals surface area contributed by atoms with Crippen molar-refractivity contribution in [3.63, 3.8) is 0 Å². The monoisotopic (exact) mass is 218 g/mol. The Balaban J connectivity index is 2.08. The summed E-state index contributed by atoms with van der Waals surface area (Å²) in [5, 5.41) is 3.34. The van der Waals surface area contributed by atoms with Crippen LogP contribution in [0.15, 0.2) is 24.3 Å². The summed E-state index contributed by atoms with van der Waals surface area (Å²) in [5.41, 5.74) is 2.73. The van der Waals surface area contributed by atoms with Gasteiger partial charge in [-0.05, 0) is 44.0 Å². The molecule has 1 aromatic carbocycles. The van der Waals surface area contributed by atoms with E-state index >= 15 is 0 Å². The van der Waals surface area contributed by atoms with E-state index < -0.39 is 0 Å². The smallest absolute Gasteiger partial charge is 0.0366 e. The van der Waals surface area contributed by atoms with Gasteiger partial charge in [-0.25, -0.2) is 0 Å². The molecule has 0 aliphatic heterocycles. The molecule has 0 heterocycles. The Morgan fingerprint density at radius 3 is 2.38 bits per heavy atom. The second-order valence-corrected chi connectivity index (χ2v) is 4.68. The van der Waals surface area contributed by atoms with Crippen molar-refractivity contribution >= 4 is 5.69 Å². The van der Waals surface area contributed by atoms with Gasteiger partial charge in [-0.1, -0.05) is 19.1 Å². The van der Waals surface area contributed by atoms with E-state index in [2.05, 4.69) is 48.5 Å². The van der Waals surface area contributed by atoms with E-state index in [1.165, 1.54) is 24.1 Å². The van der Waals surface area contributed by atoms with Gasteiger partial charge in [0.05, 0.1) is 0 Å². The average molecular weight is 218 g/mol. The molecule has 1 fully saturated rings. The maximum absolute atomic E-state index is 3.34. The van der Waals surface area contributed by atoms with Gasteiger partial charge in [0, 0.05) is 24.8 Å². The lowest BCUT2D eigenvalue weighted by Gasteiger charge is -2.20. The van der Waals surface area contributed by atoms with Crippen LogP contribution in [0, 0.1) is 0 Å². The number of nitrogens with zero attached hydrogens (tertiary/aromatic N) is 1. The van der Waals surface area contributed by atoms with Crippen molar-refractivity contribution in [1.29, 1.82) is 0 Å². The lowest BCUT2D eigenvalue weighted by Crippen LogP contribution is -2.19. The molecular weight excluding hydrogens is 196 g/mol. The number of rotatable bonds is 5. The summed E-state index contributed by atoms with van der Waals surface area (Å²) in [6, 6.07) is 10.3. The molecule has 1 aliphatic rings. The number of hydrogen-bond acceptors (Lipinski definition) is 2. The molecule has 0 radical (unpaired) electrons. The van der Waals surface area contributed by atoms with Crippen molar-refractivity contribution < 1.29 is 0 Å².